The lowest BCUT2D eigenvalue weighted by atomic mass is 10.3. The largest absolute Gasteiger partial charge is 0.329 e. The third-order valence-corrected chi connectivity index (χ3v) is 3.40. The second kappa shape index (κ2) is 5.62. The maximum Gasteiger partial charge on any atom is 0.239 e. The number of rotatable bonds is 5. The van der Waals surface area contributed by atoms with Crippen molar-refractivity contribution in [3.63, 3.8) is 0 Å². The summed E-state index contributed by atoms with van der Waals surface area (Å²) in [6, 6.07) is 8.69. The molecule has 1 amide bonds. The Bertz CT molecular complexity index is 442. The van der Waals surface area contributed by atoms with E-state index in [1.165, 1.54) is 0 Å². The summed E-state index contributed by atoms with van der Waals surface area (Å²) >= 11 is 0. The molecule has 0 aliphatic carbocycles. The fraction of sp³-hybridized carbons (Fsp3) is 0.300. The summed E-state index contributed by atoms with van der Waals surface area (Å²) in [6.07, 6.45) is 0. The lowest BCUT2D eigenvalue weighted by Gasteiger charge is -2.05. The van der Waals surface area contributed by atoms with Crippen molar-refractivity contribution >= 4 is 21.4 Å². The van der Waals surface area contributed by atoms with E-state index in [1.807, 2.05) is 0 Å². The molecule has 0 radical (unpaired) electrons. The van der Waals surface area contributed by atoms with Gasteiger partial charge in [-0.3, -0.25) is 4.79 Å². The van der Waals surface area contributed by atoms with Crippen LogP contribution >= 0.6 is 0 Å². The molecule has 0 bridgehead atoms. The van der Waals surface area contributed by atoms with Crippen LogP contribution in [0.15, 0.2) is 30.3 Å². The van der Waals surface area contributed by atoms with Crippen molar-refractivity contribution in [2.45, 2.75) is 0 Å². The third-order valence-electron chi connectivity index (χ3n) is 1.84. The zero-order chi connectivity index (χ0) is 12.0. The number of hydrogen-bond donors (Lipinski definition) is 2. The van der Waals surface area contributed by atoms with Gasteiger partial charge in [0.25, 0.3) is 0 Å². The predicted octanol–water partition coefficient (Wildman–Crippen LogP) is -0.00140. The van der Waals surface area contributed by atoms with Gasteiger partial charge in [0.15, 0.2) is 9.84 Å². The van der Waals surface area contributed by atoms with Gasteiger partial charge in [-0.1, -0.05) is 18.2 Å². The minimum Gasteiger partial charge on any atom is -0.329 e. The molecular weight excluding hydrogens is 228 g/mol. The highest BCUT2D eigenvalue weighted by molar-refractivity contribution is 7.92. The van der Waals surface area contributed by atoms with Gasteiger partial charge in [0.05, 0.1) is 5.75 Å². The van der Waals surface area contributed by atoms with E-state index >= 15 is 0 Å². The molecule has 6 heteroatoms. The highest BCUT2D eigenvalue weighted by atomic mass is 32.2. The van der Waals surface area contributed by atoms with Gasteiger partial charge in [-0.05, 0) is 12.1 Å². The fourth-order valence-electron chi connectivity index (χ4n) is 1.17. The Hall–Kier alpha value is -1.40. The number of nitrogens with one attached hydrogen (secondary N) is 1. The Labute approximate surface area is 94.6 Å². The van der Waals surface area contributed by atoms with Gasteiger partial charge >= 0.3 is 0 Å². The number of sulfone groups is 1. The minimum absolute atomic E-state index is 0.0287. The first-order valence-electron chi connectivity index (χ1n) is 4.79. The lowest BCUT2D eigenvalue weighted by Crippen LogP contribution is -2.27. The smallest absolute Gasteiger partial charge is 0.239 e. The van der Waals surface area contributed by atoms with Crippen molar-refractivity contribution in [2.24, 2.45) is 5.73 Å². The van der Waals surface area contributed by atoms with Crippen molar-refractivity contribution in [3.05, 3.63) is 30.3 Å². The van der Waals surface area contributed by atoms with Crippen molar-refractivity contribution < 1.29 is 13.2 Å². The second-order valence-electron chi connectivity index (χ2n) is 3.29. The van der Waals surface area contributed by atoms with E-state index in [0.29, 0.717) is 5.69 Å². The number of benzene rings is 1. The van der Waals surface area contributed by atoms with Crippen LogP contribution < -0.4 is 11.1 Å². The van der Waals surface area contributed by atoms with Crippen molar-refractivity contribution in [1.29, 1.82) is 0 Å². The van der Waals surface area contributed by atoms with Gasteiger partial charge in [-0.2, -0.15) is 0 Å². The molecule has 0 saturated heterocycles. The zero-order valence-corrected chi connectivity index (χ0v) is 9.53. The molecule has 0 aromatic heterocycles. The standard InChI is InChI=1S/C10H14N2O3S/c11-6-7-16(14,15)8-10(13)12-9-4-2-1-3-5-9/h1-5H,6-8,11H2,(H,12,13). The van der Waals surface area contributed by atoms with Crippen LogP contribution in [-0.4, -0.2) is 32.4 Å². The van der Waals surface area contributed by atoms with Crippen LogP contribution in [0.25, 0.3) is 0 Å². The first kappa shape index (κ1) is 12.7. The maximum atomic E-state index is 11.4. The summed E-state index contributed by atoms with van der Waals surface area (Å²) in [5, 5.41) is 2.50. The van der Waals surface area contributed by atoms with Gasteiger partial charge in [0.1, 0.15) is 5.75 Å². The molecule has 0 atom stereocenters. The Morgan fingerprint density at radius 3 is 2.44 bits per heavy atom. The average Bonchev–Trinajstić information content (AvgIpc) is 2.17. The number of anilines is 1. The Balaban J connectivity index is 2.55. The van der Waals surface area contributed by atoms with Crippen molar-refractivity contribution in [1.82, 2.24) is 0 Å². The molecule has 5 nitrogen and oxygen atoms in total. The Morgan fingerprint density at radius 2 is 1.88 bits per heavy atom. The van der Waals surface area contributed by atoms with Crippen LogP contribution in [0.2, 0.25) is 0 Å². The molecule has 88 valence electrons. The topological polar surface area (TPSA) is 89.3 Å². The van der Waals surface area contributed by atoms with Gasteiger partial charge in [-0.15, -0.1) is 0 Å². The summed E-state index contributed by atoms with van der Waals surface area (Å²) in [5.41, 5.74) is 5.71. The summed E-state index contributed by atoms with van der Waals surface area (Å²) in [4.78, 5) is 11.4. The quantitative estimate of drug-likeness (QED) is 0.760. The predicted molar refractivity (Wildman–Crippen MR) is 62.8 cm³/mol. The highest BCUT2D eigenvalue weighted by Crippen LogP contribution is 2.05. The second-order valence-corrected chi connectivity index (χ2v) is 5.48. The van der Waals surface area contributed by atoms with Crippen molar-refractivity contribution in [2.75, 3.05) is 23.4 Å². The summed E-state index contributed by atoms with van der Waals surface area (Å²) in [5.74, 6) is -1.24. The molecule has 0 aliphatic rings. The van der Waals surface area contributed by atoms with E-state index in [4.69, 9.17) is 5.73 Å². The maximum absolute atomic E-state index is 11.4. The average molecular weight is 242 g/mol. The lowest BCUT2D eigenvalue weighted by molar-refractivity contribution is -0.113. The number of hydrogen-bond acceptors (Lipinski definition) is 4. The van der Waals surface area contributed by atoms with Gasteiger partial charge < -0.3 is 11.1 Å². The monoisotopic (exact) mass is 242 g/mol. The van der Waals surface area contributed by atoms with E-state index in [9.17, 15) is 13.2 Å². The molecular formula is C10H14N2O3S. The van der Waals surface area contributed by atoms with E-state index in [2.05, 4.69) is 5.32 Å². The van der Waals surface area contributed by atoms with E-state index in [1.54, 1.807) is 30.3 Å². The number of para-hydroxylation sites is 1. The molecule has 1 rings (SSSR count). The molecule has 1 aromatic carbocycles. The van der Waals surface area contributed by atoms with E-state index in [-0.39, 0.29) is 12.3 Å². The molecule has 16 heavy (non-hydrogen) atoms. The Kier molecular flexibility index (Phi) is 4.45. The van der Waals surface area contributed by atoms with E-state index < -0.39 is 21.5 Å². The first-order valence-corrected chi connectivity index (χ1v) is 6.61. The molecule has 0 aliphatic heterocycles. The minimum atomic E-state index is -3.39. The molecule has 1 aromatic rings. The Morgan fingerprint density at radius 1 is 1.25 bits per heavy atom. The van der Waals surface area contributed by atoms with Crippen LogP contribution in [0.5, 0.6) is 0 Å². The normalized spacial score (nSPS) is 11.1. The number of carbonyl (C=O) groups is 1. The molecule has 0 saturated carbocycles. The molecule has 0 heterocycles. The number of carbonyl (C=O) groups excluding carboxylic acids is 1. The van der Waals surface area contributed by atoms with Crippen LogP contribution in [0.1, 0.15) is 0 Å². The fourth-order valence-corrected chi connectivity index (χ4v) is 2.15. The molecule has 0 fully saturated rings. The molecule has 3 N–H and O–H groups in total. The van der Waals surface area contributed by atoms with Crippen molar-refractivity contribution in [3.8, 4) is 0 Å². The van der Waals surface area contributed by atoms with E-state index in [0.717, 1.165) is 0 Å². The van der Waals surface area contributed by atoms with Gasteiger partial charge in [0.2, 0.25) is 5.91 Å². The number of amides is 1. The van der Waals surface area contributed by atoms with Gasteiger partial charge in [-0.25, -0.2) is 8.42 Å². The van der Waals surface area contributed by atoms with Gasteiger partial charge in [0, 0.05) is 12.2 Å². The van der Waals surface area contributed by atoms with Crippen LogP contribution in [0, 0.1) is 0 Å². The molecule has 0 unspecified atom stereocenters. The summed E-state index contributed by atoms with van der Waals surface area (Å²) in [7, 11) is -3.39. The third kappa shape index (κ3) is 4.41. The van der Waals surface area contributed by atoms with Crippen LogP contribution in [-0.2, 0) is 14.6 Å². The van der Waals surface area contributed by atoms with Crippen LogP contribution in [0.4, 0.5) is 5.69 Å². The zero-order valence-electron chi connectivity index (χ0n) is 8.72. The summed E-state index contributed by atoms with van der Waals surface area (Å²) in [6.45, 7) is 0.0287. The highest BCUT2D eigenvalue weighted by Gasteiger charge is 2.15. The van der Waals surface area contributed by atoms with Crippen LogP contribution in [0.3, 0.4) is 0 Å². The first-order chi connectivity index (χ1) is 7.53. The SMILES string of the molecule is NCCS(=O)(=O)CC(=O)Nc1ccccc1. The summed E-state index contributed by atoms with van der Waals surface area (Å²) < 4.78 is 22.6. The molecule has 0 spiro atoms. The number of nitrogens with two attached hydrogens (primary N) is 1.